The van der Waals surface area contributed by atoms with E-state index in [1.807, 2.05) is 0 Å². The molecule has 0 rings (SSSR count). The number of hydrogen-bond acceptors (Lipinski definition) is 8. The predicted octanol–water partition coefficient (Wildman–Crippen LogP) is 1.23. The van der Waals surface area contributed by atoms with E-state index in [1.165, 1.54) is 27.7 Å². The Kier molecular flexibility index (Phi) is 8.67. The Morgan fingerprint density at radius 2 is 0.762 bits per heavy atom. The monoisotopic (exact) mass is 366 g/mol. The molecule has 0 radical (unpaired) electrons. The second-order valence-electron chi connectivity index (χ2n) is 3.81. The van der Waals surface area contributed by atoms with Gasteiger partial charge in [0, 0.05) is 0 Å². The molecule has 0 aliphatic rings. The van der Waals surface area contributed by atoms with E-state index in [1.54, 1.807) is 0 Å². The molecule has 0 saturated heterocycles. The maximum atomic E-state index is 11.5. The van der Waals surface area contributed by atoms with Gasteiger partial charge in [0.25, 0.3) is 0 Å². The number of carbonyl (C=O) groups is 4. The second-order valence-corrected chi connectivity index (χ2v) is 7.62. The van der Waals surface area contributed by atoms with E-state index in [-0.39, 0.29) is 25.7 Å². The zero-order valence-corrected chi connectivity index (χ0v) is 14.7. The summed E-state index contributed by atoms with van der Waals surface area (Å²) in [5.41, 5.74) is 0. The standard InChI is InChI=1S/C12H20GeO8/c1-5-9(14)18-13(19-10(15)6-2,20-11(16)7-3)21-12(17)8-4/h5-8H2,1-4H3. The van der Waals surface area contributed by atoms with Crippen LogP contribution in [0.25, 0.3) is 0 Å². The van der Waals surface area contributed by atoms with Crippen LogP contribution in [0.1, 0.15) is 53.4 Å². The Balaban J connectivity index is 5.43. The van der Waals surface area contributed by atoms with E-state index >= 15 is 0 Å². The fourth-order valence-corrected chi connectivity index (χ4v) is 5.05. The van der Waals surface area contributed by atoms with Gasteiger partial charge in [0.1, 0.15) is 0 Å². The summed E-state index contributed by atoms with van der Waals surface area (Å²) in [5, 5.41) is 0. The molecular formula is C12H20GeO8. The molecule has 0 aromatic rings. The van der Waals surface area contributed by atoms with Crippen LogP contribution in [0.5, 0.6) is 0 Å². The van der Waals surface area contributed by atoms with Crippen LogP contribution in [0.2, 0.25) is 0 Å². The SMILES string of the molecule is CCC(=O)[O][Ge]([O]C(=O)CC)([O]C(=O)CC)[O]C(=O)CC. The fourth-order valence-electron chi connectivity index (χ4n) is 0.971. The van der Waals surface area contributed by atoms with Crippen molar-refractivity contribution in [1.29, 1.82) is 0 Å². The van der Waals surface area contributed by atoms with Crippen molar-refractivity contribution in [2.45, 2.75) is 53.4 Å². The summed E-state index contributed by atoms with van der Waals surface area (Å²) in [7, 11) is 0. The fraction of sp³-hybridized carbons (Fsp3) is 0.667. The molecule has 0 atom stereocenters. The van der Waals surface area contributed by atoms with Gasteiger partial charge in [-0.3, -0.25) is 0 Å². The van der Waals surface area contributed by atoms with Gasteiger partial charge in [-0.15, -0.1) is 0 Å². The number of rotatable bonds is 8. The molecule has 0 aromatic heterocycles. The van der Waals surface area contributed by atoms with Crippen LogP contribution >= 0.6 is 0 Å². The molecule has 0 heterocycles. The van der Waals surface area contributed by atoms with Gasteiger partial charge in [-0.25, -0.2) is 0 Å². The molecule has 8 nitrogen and oxygen atoms in total. The van der Waals surface area contributed by atoms with Crippen molar-refractivity contribution in [3.05, 3.63) is 0 Å². The molecule has 0 bridgehead atoms. The summed E-state index contributed by atoms with van der Waals surface area (Å²) in [4.78, 5) is 46.0. The topological polar surface area (TPSA) is 105 Å². The third-order valence-electron chi connectivity index (χ3n) is 2.11. The molecule has 0 N–H and O–H groups in total. The summed E-state index contributed by atoms with van der Waals surface area (Å²) in [6.45, 7) is 6.00. The number of hydrogen-bond donors (Lipinski definition) is 0. The van der Waals surface area contributed by atoms with Crippen LogP contribution < -0.4 is 0 Å². The Bertz CT molecular complexity index is 329. The zero-order valence-electron chi connectivity index (χ0n) is 12.6. The molecule has 0 unspecified atom stereocenters. The van der Waals surface area contributed by atoms with Gasteiger partial charge in [-0.2, -0.15) is 0 Å². The normalized spacial score (nSPS) is 10.5. The molecule has 0 spiro atoms. The van der Waals surface area contributed by atoms with Crippen LogP contribution in [0.4, 0.5) is 0 Å². The Labute approximate surface area is 126 Å². The second kappa shape index (κ2) is 9.38. The van der Waals surface area contributed by atoms with E-state index in [9.17, 15) is 19.2 Å². The van der Waals surface area contributed by atoms with E-state index in [0.29, 0.717) is 0 Å². The first-order valence-corrected chi connectivity index (χ1v) is 10.1. The molecular weight excluding hydrogens is 345 g/mol. The summed E-state index contributed by atoms with van der Waals surface area (Å²) in [6.07, 6.45) is -0.206. The molecule has 0 saturated carbocycles. The summed E-state index contributed by atoms with van der Waals surface area (Å²) < 4.78 is 19.7. The third kappa shape index (κ3) is 7.12. The molecule has 0 amide bonds. The van der Waals surface area contributed by atoms with E-state index in [4.69, 9.17) is 15.1 Å². The van der Waals surface area contributed by atoms with Gasteiger partial charge in [0.05, 0.1) is 0 Å². The molecule has 21 heavy (non-hydrogen) atoms. The minimum atomic E-state index is -5.13. The van der Waals surface area contributed by atoms with Gasteiger partial charge in [-0.1, -0.05) is 0 Å². The summed E-state index contributed by atoms with van der Waals surface area (Å²) in [6, 6.07) is 0. The first-order chi connectivity index (χ1) is 9.82. The summed E-state index contributed by atoms with van der Waals surface area (Å²) in [5.74, 6) is -3.14. The van der Waals surface area contributed by atoms with Crippen LogP contribution in [-0.4, -0.2) is 38.5 Å². The van der Waals surface area contributed by atoms with Gasteiger partial charge >= 0.3 is 126 Å². The van der Waals surface area contributed by atoms with Gasteiger partial charge < -0.3 is 0 Å². The van der Waals surface area contributed by atoms with Crippen LogP contribution in [0.3, 0.4) is 0 Å². The maximum absolute atomic E-state index is 11.5. The molecule has 0 aliphatic carbocycles. The minimum absolute atomic E-state index is 0.0516. The van der Waals surface area contributed by atoms with Gasteiger partial charge in [-0.05, 0) is 0 Å². The molecule has 120 valence electrons. The first-order valence-electron chi connectivity index (χ1n) is 6.69. The van der Waals surface area contributed by atoms with Crippen molar-refractivity contribution in [1.82, 2.24) is 0 Å². The van der Waals surface area contributed by atoms with Crippen molar-refractivity contribution in [3.8, 4) is 0 Å². The average molecular weight is 365 g/mol. The Morgan fingerprint density at radius 3 is 0.905 bits per heavy atom. The molecule has 0 aromatic carbocycles. The zero-order chi connectivity index (χ0) is 16.5. The first kappa shape index (κ1) is 19.4. The van der Waals surface area contributed by atoms with Crippen molar-refractivity contribution in [2.24, 2.45) is 0 Å². The van der Waals surface area contributed by atoms with Crippen LogP contribution in [-0.2, 0) is 34.2 Å². The Hall–Kier alpha value is -1.58. The third-order valence-corrected chi connectivity index (χ3v) is 6.12. The van der Waals surface area contributed by atoms with Crippen LogP contribution in [0, 0.1) is 0 Å². The van der Waals surface area contributed by atoms with Gasteiger partial charge in [0.2, 0.25) is 0 Å². The van der Waals surface area contributed by atoms with Crippen molar-refractivity contribution in [3.63, 3.8) is 0 Å². The van der Waals surface area contributed by atoms with Gasteiger partial charge in [0.15, 0.2) is 0 Å². The van der Waals surface area contributed by atoms with Crippen LogP contribution in [0.15, 0.2) is 0 Å². The van der Waals surface area contributed by atoms with Crippen molar-refractivity contribution in [2.75, 3.05) is 0 Å². The van der Waals surface area contributed by atoms with E-state index in [0.717, 1.165) is 0 Å². The van der Waals surface area contributed by atoms with E-state index in [2.05, 4.69) is 0 Å². The summed E-state index contributed by atoms with van der Waals surface area (Å²) >= 11 is -5.13. The Morgan fingerprint density at radius 1 is 0.571 bits per heavy atom. The predicted molar refractivity (Wildman–Crippen MR) is 71.3 cm³/mol. The molecule has 0 aliphatic heterocycles. The van der Waals surface area contributed by atoms with E-state index < -0.39 is 38.5 Å². The quantitative estimate of drug-likeness (QED) is 0.592. The van der Waals surface area contributed by atoms with Crippen molar-refractivity contribution >= 4 is 38.5 Å². The van der Waals surface area contributed by atoms with Crippen molar-refractivity contribution < 1.29 is 34.2 Å². The average Bonchev–Trinajstić information content (AvgIpc) is 2.46. The molecule has 0 fully saturated rings. The molecule has 9 heteroatoms. The number of carbonyl (C=O) groups excluding carboxylic acids is 4.